The predicted molar refractivity (Wildman–Crippen MR) is 76.1 cm³/mol. The van der Waals surface area contributed by atoms with Crippen molar-refractivity contribution in [1.82, 2.24) is 4.98 Å². The normalized spacial score (nSPS) is 14.4. The molecule has 2 aromatic rings. The van der Waals surface area contributed by atoms with Crippen LogP contribution in [0.4, 0.5) is 0 Å². The highest BCUT2D eigenvalue weighted by atomic mass is 16.4. The van der Waals surface area contributed by atoms with E-state index in [1.807, 2.05) is 6.92 Å². The van der Waals surface area contributed by atoms with Gasteiger partial charge in [0.15, 0.2) is 5.89 Å². The van der Waals surface area contributed by atoms with Gasteiger partial charge in [-0.05, 0) is 49.8 Å². The highest BCUT2D eigenvalue weighted by Crippen LogP contribution is 2.29. The van der Waals surface area contributed by atoms with E-state index in [4.69, 9.17) is 10.2 Å². The third kappa shape index (κ3) is 2.43. The van der Waals surface area contributed by atoms with Crippen molar-refractivity contribution in [3.05, 3.63) is 41.0 Å². The molecule has 0 atom stereocenters. The van der Waals surface area contributed by atoms with Crippen LogP contribution in [0.25, 0.3) is 11.3 Å². The maximum atomic E-state index is 5.66. The lowest BCUT2D eigenvalue weighted by atomic mass is 9.90. The molecule has 0 unspecified atom stereocenters. The van der Waals surface area contributed by atoms with E-state index in [9.17, 15) is 0 Å². The Labute approximate surface area is 113 Å². The van der Waals surface area contributed by atoms with Gasteiger partial charge in [0, 0.05) is 18.5 Å². The zero-order chi connectivity index (χ0) is 13.2. The Bertz CT molecular complexity index is 586. The standard InChI is InChI=1S/C16H20N2O/c1-11-16(18-15(19-11)8-9-17)14-7-6-12-4-2-3-5-13(12)10-14/h6-7,10H,2-5,8-9,17H2,1H3. The lowest BCUT2D eigenvalue weighted by Gasteiger charge is -2.16. The number of aromatic nitrogens is 1. The summed E-state index contributed by atoms with van der Waals surface area (Å²) in [6, 6.07) is 6.70. The monoisotopic (exact) mass is 256 g/mol. The van der Waals surface area contributed by atoms with Crippen molar-refractivity contribution in [2.24, 2.45) is 5.73 Å². The highest BCUT2D eigenvalue weighted by molar-refractivity contribution is 5.63. The molecule has 100 valence electrons. The third-order valence-corrected chi connectivity index (χ3v) is 3.82. The van der Waals surface area contributed by atoms with Crippen molar-refractivity contribution in [3.63, 3.8) is 0 Å². The first-order chi connectivity index (χ1) is 9.28. The number of fused-ring (bicyclic) bond motifs is 1. The van der Waals surface area contributed by atoms with E-state index in [2.05, 4.69) is 23.2 Å². The summed E-state index contributed by atoms with van der Waals surface area (Å²) >= 11 is 0. The molecule has 1 aliphatic rings. The fourth-order valence-electron chi connectivity index (χ4n) is 2.83. The number of benzene rings is 1. The van der Waals surface area contributed by atoms with Gasteiger partial charge in [0.1, 0.15) is 11.5 Å². The minimum Gasteiger partial charge on any atom is -0.445 e. The van der Waals surface area contributed by atoms with Gasteiger partial charge in [0.2, 0.25) is 0 Å². The SMILES string of the molecule is Cc1oc(CCN)nc1-c1ccc2c(c1)CCCC2. The fourth-order valence-corrected chi connectivity index (χ4v) is 2.83. The van der Waals surface area contributed by atoms with Crippen molar-refractivity contribution in [3.8, 4) is 11.3 Å². The summed E-state index contributed by atoms with van der Waals surface area (Å²) in [6.45, 7) is 2.55. The first kappa shape index (κ1) is 12.4. The minimum atomic E-state index is 0.573. The van der Waals surface area contributed by atoms with Crippen molar-refractivity contribution >= 4 is 0 Å². The van der Waals surface area contributed by atoms with Gasteiger partial charge in [0.25, 0.3) is 0 Å². The largest absolute Gasteiger partial charge is 0.445 e. The van der Waals surface area contributed by atoms with Crippen LogP contribution in [0.5, 0.6) is 0 Å². The summed E-state index contributed by atoms with van der Waals surface area (Å²) in [6.07, 6.45) is 5.72. The lowest BCUT2D eigenvalue weighted by molar-refractivity contribution is 0.473. The van der Waals surface area contributed by atoms with Crippen LogP contribution in [0.3, 0.4) is 0 Å². The number of hydrogen-bond donors (Lipinski definition) is 1. The molecule has 3 heteroatoms. The third-order valence-electron chi connectivity index (χ3n) is 3.82. The summed E-state index contributed by atoms with van der Waals surface area (Å²) in [4.78, 5) is 4.57. The molecule has 0 saturated carbocycles. The van der Waals surface area contributed by atoms with Gasteiger partial charge in [-0.15, -0.1) is 0 Å². The van der Waals surface area contributed by atoms with E-state index in [0.717, 1.165) is 17.3 Å². The molecule has 2 N–H and O–H groups in total. The molecule has 1 aliphatic carbocycles. The number of nitrogens with zero attached hydrogens (tertiary/aromatic N) is 1. The van der Waals surface area contributed by atoms with E-state index >= 15 is 0 Å². The van der Waals surface area contributed by atoms with Gasteiger partial charge in [-0.1, -0.05) is 12.1 Å². The second kappa shape index (κ2) is 5.17. The lowest BCUT2D eigenvalue weighted by Crippen LogP contribution is -2.03. The molecule has 3 nitrogen and oxygen atoms in total. The van der Waals surface area contributed by atoms with E-state index in [1.165, 1.54) is 42.4 Å². The van der Waals surface area contributed by atoms with Crippen LogP contribution in [0.2, 0.25) is 0 Å². The summed E-state index contributed by atoms with van der Waals surface area (Å²) in [5.41, 5.74) is 10.7. The minimum absolute atomic E-state index is 0.573. The number of nitrogens with two attached hydrogens (primary N) is 1. The van der Waals surface area contributed by atoms with Gasteiger partial charge in [-0.3, -0.25) is 0 Å². The van der Waals surface area contributed by atoms with Crippen LogP contribution in [0, 0.1) is 6.92 Å². The molecule has 0 spiro atoms. The van der Waals surface area contributed by atoms with E-state index in [1.54, 1.807) is 0 Å². The van der Waals surface area contributed by atoms with Crippen molar-refractivity contribution in [2.75, 3.05) is 6.54 Å². The Morgan fingerprint density at radius 3 is 2.79 bits per heavy atom. The summed E-state index contributed by atoms with van der Waals surface area (Å²) in [5, 5.41) is 0. The Kier molecular flexibility index (Phi) is 3.38. The van der Waals surface area contributed by atoms with Gasteiger partial charge < -0.3 is 10.2 Å². The smallest absolute Gasteiger partial charge is 0.196 e. The zero-order valence-electron chi connectivity index (χ0n) is 11.4. The fraction of sp³-hybridized carbons (Fsp3) is 0.438. The molecule has 0 bridgehead atoms. The van der Waals surface area contributed by atoms with Crippen molar-refractivity contribution in [2.45, 2.75) is 39.0 Å². The van der Waals surface area contributed by atoms with Crippen LogP contribution >= 0.6 is 0 Å². The van der Waals surface area contributed by atoms with Crippen LogP contribution in [0.15, 0.2) is 22.6 Å². The number of oxazole rings is 1. The number of aryl methyl sites for hydroxylation is 3. The van der Waals surface area contributed by atoms with Crippen LogP contribution in [0.1, 0.15) is 35.6 Å². The first-order valence-electron chi connectivity index (χ1n) is 7.06. The highest BCUT2D eigenvalue weighted by Gasteiger charge is 2.14. The molecule has 0 saturated heterocycles. The molecule has 19 heavy (non-hydrogen) atoms. The topological polar surface area (TPSA) is 52.0 Å². The average Bonchev–Trinajstić information content (AvgIpc) is 2.79. The molecule has 3 rings (SSSR count). The molecule has 0 amide bonds. The Morgan fingerprint density at radius 2 is 2.00 bits per heavy atom. The molecular weight excluding hydrogens is 236 g/mol. The summed E-state index contributed by atoms with van der Waals surface area (Å²) in [5.74, 6) is 1.63. The predicted octanol–water partition coefficient (Wildman–Crippen LogP) is 3.03. The molecule has 0 fully saturated rings. The van der Waals surface area contributed by atoms with Gasteiger partial charge in [-0.25, -0.2) is 4.98 Å². The average molecular weight is 256 g/mol. The van der Waals surface area contributed by atoms with E-state index in [-0.39, 0.29) is 0 Å². The quantitative estimate of drug-likeness (QED) is 0.918. The van der Waals surface area contributed by atoms with Crippen LogP contribution in [-0.2, 0) is 19.3 Å². The number of hydrogen-bond acceptors (Lipinski definition) is 3. The second-order valence-electron chi connectivity index (χ2n) is 5.24. The van der Waals surface area contributed by atoms with Crippen molar-refractivity contribution < 1.29 is 4.42 Å². The van der Waals surface area contributed by atoms with Crippen LogP contribution in [-0.4, -0.2) is 11.5 Å². The van der Waals surface area contributed by atoms with Gasteiger partial charge in [-0.2, -0.15) is 0 Å². The van der Waals surface area contributed by atoms with Gasteiger partial charge >= 0.3 is 0 Å². The van der Waals surface area contributed by atoms with Crippen LogP contribution < -0.4 is 5.73 Å². The Morgan fingerprint density at radius 1 is 1.21 bits per heavy atom. The Hall–Kier alpha value is -1.61. The van der Waals surface area contributed by atoms with E-state index in [0.29, 0.717) is 13.0 Å². The molecule has 1 aromatic heterocycles. The maximum absolute atomic E-state index is 5.66. The second-order valence-corrected chi connectivity index (χ2v) is 5.24. The van der Waals surface area contributed by atoms with E-state index < -0.39 is 0 Å². The molecular formula is C16H20N2O. The number of rotatable bonds is 3. The molecule has 0 aliphatic heterocycles. The molecule has 1 aromatic carbocycles. The summed E-state index contributed by atoms with van der Waals surface area (Å²) < 4.78 is 5.66. The maximum Gasteiger partial charge on any atom is 0.196 e. The zero-order valence-corrected chi connectivity index (χ0v) is 11.4. The summed E-state index contributed by atoms with van der Waals surface area (Å²) in [7, 11) is 0. The van der Waals surface area contributed by atoms with Gasteiger partial charge in [0.05, 0.1) is 0 Å². The Balaban J connectivity index is 1.97. The molecule has 0 radical (unpaired) electrons. The first-order valence-corrected chi connectivity index (χ1v) is 7.06. The molecule has 1 heterocycles. The van der Waals surface area contributed by atoms with Crippen molar-refractivity contribution in [1.29, 1.82) is 0 Å².